The molecule has 2 amide bonds. The van der Waals surface area contributed by atoms with Gasteiger partial charge in [0.2, 0.25) is 12.1 Å². The number of halogens is 4. The second-order valence-electron chi connectivity index (χ2n) is 3.27. The van der Waals surface area contributed by atoms with Gasteiger partial charge in [-0.05, 0) is 12.1 Å². The number of amides is 2. The minimum atomic E-state index is -2.16. The molecule has 0 spiro atoms. The number of ether oxygens (including phenoxy) is 1. The first kappa shape index (κ1) is 16.4. The second kappa shape index (κ2) is 6.34. The summed E-state index contributed by atoms with van der Waals surface area (Å²) in [7, 11) is 2.19. The van der Waals surface area contributed by atoms with E-state index in [1.165, 1.54) is 0 Å². The molecule has 8 heteroatoms. The fourth-order valence-electron chi connectivity index (χ4n) is 1.21. The van der Waals surface area contributed by atoms with Crippen molar-refractivity contribution < 1.29 is 22.7 Å². The average molecular weight is 285 g/mol. The lowest BCUT2D eigenvalue weighted by molar-refractivity contribution is 0.128. The summed E-state index contributed by atoms with van der Waals surface area (Å²) in [6.07, 6.45) is -2.16. The molecule has 1 aromatic carbocycles. The Hall–Kier alpha value is -1.63. The summed E-state index contributed by atoms with van der Waals surface area (Å²) >= 11 is 0. The van der Waals surface area contributed by atoms with Gasteiger partial charge in [0, 0.05) is 12.6 Å². The zero-order valence-corrected chi connectivity index (χ0v) is 10.4. The first-order chi connectivity index (χ1) is 7.90. The molecule has 0 fully saturated rings. The number of rotatable bonds is 3. The van der Waals surface area contributed by atoms with Gasteiger partial charge in [-0.25, -0.2) is 13.6 Å². The highest BCUT2D eigenvalue weighted by molar-refractivity contribution is 5.85. The molecule has 0 aliphatic rings. The van der Waals surface area contributed by atoms with Crippen molar-refractivity contribution in [3.63, 3.8) is 0 Å². The molecule has 2 N–H and O–H groups in total. The van der Waals surface area contributed by atoms with E-state index in [-0.39, 0.29) is 18.2 Å². The highest BCUT2D eigenvalue weighted by Gasteiger charge is 2.25. The van der Waals surface area contributed by atoms with Gasteiger partial charge in [0.1, 0.15) is 0 Å². The van der Waals surface area contributed by atoms with E-state index in [0.29, 0.717) is 4.90 Å². The number of benzene rings is 1. The standard InChI is InChI=1S/C10H11F3N2O2.ClH/c1-15(10(14)16)9(13)5-3-4-6(17-2)8(12)7(5)11;/h3-4,9H,1-2H3,(H2,14,16);1H. The van der Waals surface area contributed by atoms with Crippen LogP contribution in [0.1, 0.15) is 11.9 Å². The van der Waals surface area contributed by atoms with Gasteiger partial charge in [-0.15, -0.1) is 12.4 Å². The van der Waals surface area contributed by atoms with E-state index in [2.05, 4.69) is 4.74 Å². The van der Waals surface area contributed by atoms with Crippen molar-refractivity contribution in [3.8, 4) is 5.75 Å². The Morgan fingerprint density at radius 3 is 2.39 bits per heavy atom. The van der Waals surface area contributed by atoms with E-state index in [1.54, 1.807) is 0 Å². The summed E-state index contributed by atoms with van der Waals surface area (Å²) in [5.41, 5.74) is 4.20. The molecule has 0 aliphatic heterocycles. The predicted octanol–water partition coefficient (Wildman–Crippen LogP) is 2.37. The Kier molecular flexibility index (Phi) is 5.77. The van der Waals surface area contributed by atoms with Gasteiger partial charge >= 0.3 is 6.03 Å². The molecule has 4 nitrogen and oxygen atoms in total. The number of nitrogens with two attached hydrogens (primary N) is 1. The summed E-state index contributed by atoms with van der Waals surface area (Å²) in [6, 6.07) is 0.962. The van der Waals surface area contributed by atoms with Crippen LogP contribution in [-0.2, 0) is 0 Å². The summed E-state index contributed by atoms with van der Waals surface area (Å²) in [5.74, 6) is -3.07. The van der Waals surface area contributed by atoms with Crippen molar-refractivity contribution in [2.45, 2.75) is 6.30 Å². The third-order valence-corrected chi connectivity index (χ3v) is 2.24. The van der Waals surface area contributed by atoms with E-state index >= 15 is 0 Å². The fourth-order valence-corrected chi connectivity index (χ4v) is 1.21. The van der Waals surface area contributed by atoms with Gasteiger partial charge in [0.15, 0.2) is 11.6 Å². The Bertz CT molecular complexity index is 445. The maximum absolute atomic E-state index is 13.6. The highest BCUT2D eigenvalue weighted by atomic mass is 35.5. The molecular formula is C10H12ClF3N2O2. The lowest BCUT2D eigenvalue weighted by Gasteiger charge is -2.20. The number of carbonyl (C=O) groups excluding carboxylic acids is 1. The minimum Gasteiger partial charge on any atom is -0.494 e. The van der Waals surface area contributed by atoms with Crippen LogP contribution in [0.2, 0.25) is 0 Å². The van der Waals surface area contributed by atoms with Crippen LogP contribution in [0.25, 0.3) is 0 Å². The molecule has 1 unspecified atom stereocenters. The van der Waals surface area contributed by atoms with Crippen LogP contribution in [0, 0.1) is 11.6 Å². The monoisotopic (exact) mass is 284 g/mol. The van der Waals surface area contributed by atoms with Gasteiger partial charge in [0.25, 0.3) is 0 Å². The Morgan fingerprint density at radius 2 is 1.94 bits per heavy atom. The molecule has 1 rings (SSSR count). The zero-order chi connectivity index (χ0) is 13.2. The van der Waals surface area contributed by atoms with E-state index in [0.717, 1.165) is 26.3 Å². The van der Waals surface area contributed by atoms with Crippen LogP contribution in [0.3, 0.4) is 0 Å². The molecule has 0 aromatic heterocycles. The van der Waals surface area contributed by atoms with Crippen LogP contribution in [0.15, 0.2) is 12.1 Å². The molecule has 1 atom stereocenters. The van der Waals surface area contributed by atoms with E-state index < -0.39 is 29.5 Å². The van der Waals surface area contributed by atoms with Gasteiger partial charge in [-0.3, -0.25) is 4.90 Å². The molecule has 0 radical (unpaired) electrons. The summed E-state index contributed by atoms with van der Waals surface area (Å²) in [6.45, 7) is 0. The average Bonchev–Trinajstić information content (AvgIpc) is 2.30. The molecule has 0 heterocycles. The van der Waals surface area contributed by atoms with Crippen molar-refractivity contribution >= 4 is 18.4 Å². The number of alkyl halides is 1. The maximum Gasteiger partial charge on any atom is 0.317 e. The topological polar surface area (TPSA) is 55.6 Å². The van der Waals surface area contributed by atoms with E-state index in [1.807, 2.05) is 0 Å². The Balaban J connectivity index is 0.00000289. The number of hydrogen-bond donors (Lipinski definition) is 1. The normalized spacial score (nSPS) is 11.4. The summed E-state index contributed by atoms with van der Waals surface area (Å²) in [4.78, 5) is 11.1. The number of nitrogens with zero attached hydrogens (tertiary/aromatic N) is 1. The number of primary amides is 1. The van der Waals surface area contributed by atoms with Gasteiger partial charge in [-0.1, -0.05) is 0 Å². The van der Waals surface area contributed by atoms with Gasteiger partial charge < -0.3 is 10.5 Å². The quantitative estimate of drug-likeness (QED) is 0.867. The first-order valence-corrected chi connectivity index (χ1v) is 4.58. The lowest BCUT2D eigenvalue weighted by Crippen LogP contribution is -2.34. The second-order valence-corrected chi connectivity index (χ2v) is 3.27. The number of urea groups is 1. The van der Waals surface area contributed by atoms with Crippen LogP contribution in [0.4, 0.5) is 18.0 Å². The maximum atomic E-state index is 13.6. The van der Waals surface area contributed by atoms with Gasteiger partial charge in [0.05, 0.1) is 7.11 Å². The molecule has 0 saturated carbocycles. The smallest absolute Gasteiger partial charge is 0.317 e. The van der Waals surface area contributed by atoms with Crippen LogP contribution < -0.4 is 10.5 Å². The van der Waals surface area contributed by atoms with Crippen molar-refractivity contribution in [1.82, 2.24) is 4.90 Å². The Morgan fingerprint density at radius 1 is 1.39 bits per heavy atom. The van der Waals surface area contributed by atoms with Gasteiger partial charge in [-0.2, -0.15) is 4.39 Å². The third-order valence-electron chi connectivity index (χ3n) is 2.24. The molecular weight excluding hydrogens is 273 g/mol. The minimum absolute atomic E-state index is 0. The molecule has 102 valence electrons. The van der Waals surface area contributed by atoms with Crippen LogP contribution >= 0.6 is 12.4 Å². The molecule has 0 aliphatic carbocycles. The van der Waals surface area contributed by atoms with Crippen molar-refractivity contribution in [1.29, 1.82) is 0 Å². The van der Waals surface area contributed by atoms with Crippen molar-refractivity contribution in [2.24, 2.45) is 5.73 Å². The Labute approximate surface area is 108 Å². The molecule has 0 saturated heterocycles. The number of carbonyl (C=O) groups is 1. The van der Waals surface area contributed by atoms with Crippen LogP contribution in [0.5, 0.6) is 5.75 Å². The van der Waals surface area contributed by atoms with Crippen molar-refractivity contribution in [3.05, 3.63) is 29.3 Å². The molecule has 0 bridgehead atoms. The summed E-state index contributed by atoms with van der Waals surface area (Å²) < 4.78 is 44.9. The third kappa shape index (κ3) is 2.98. The largest absolute Gasteiger partial charge is 0.494 e. The zero-order valence-electron chi connectivity index (χ0n) is 9.62. The van der Waals surface area contributed by atoms with E-state index in [9.17, 15) is 18.0 Å². The summed E-state index contributed by atoms with van der Waals surface area (Å²) in [5, 5.41) is 0. The SMILES string of the molecule is COc1ccc(C(F)N(C)C(N)=O)c(F)c1F.Cl. The molecule has 18 heavy (non-hydrogen) atoms. The number of hydrogen-bond acceptors (Lipinski definition) is 2. The lowest BCUT2D eigenvalue weighted by atomic mass is 10.1. The highest BCUT2D eigenvalue weighted by Crippen LogP contribution is 2.29. The molecule has 1 aromatic rings. The number of methoxy groups -OCH3 is 1. The van der Waals surface area contributed by atoms with Crippen LogP contribution in [-0.4, -0.2) is 25.1 Å². The first-order valence-electron chi connectivity index (χ1n) is 4.58. The van der Waals surface area contributed by atoms with E-state index in [4.69, 9.17) is 5.73 Å². The fraction of sp³-hybridized carbons (Fsp3) is 0.300. The predicted molar refractivity (Wildman–Crippen MR) is 61.4 cm³/mol. The van der Waals surface area contributed by atoms with Crippen molar-refractivity contribution in [2.75, 3.05) is 14.2 Å².